The molecule has 0 spiro atoms. The summed E-state index contributed by atoms with van der Waals surface area (Å²) in [5, 5.41) is -0.169. The van der Waals surface area contributed by atoms with Gasteiger partial charge in [0.15, 0.2) is 0 Å². The number of rotatable bonds is 3. The fraction of sp³-hybridized carbons (Fsp3) is 0.111. The molecule has 0 amide bonds. The molecule has 2 heteroatoms. The molecule has 0 aliphatic rings. The number of alkyl halides is 1. The first kappa shape index (κ1) is 13.0. The van der Waals surface area contributed by atoms with Crippen molar-refractivity contribution in [2.24, 2.45) is 0 Å². The zero-order chi connectivity index (χ0) is 13.9. The molecule has 3 rings (SSSR count). The van der Waals surface area contributed by atoms with Crippen LogP contribution < -0.4 is 0 Å². The second kappa shape index (κ2) is 5.56. The number of benzene rings is 2. The lowest BCUT2D eigenvalue weighted by atomic mass is 10.0. The molecule has 0 aliphatic heterocycles. The van der Waals surface area contributed by atoms with Crippen LogP contribution in [0.15, 0.2) is 71.3 Å². The Hall–Kier alpha value is -1.99. The fourth-order valence-corrected chi connectivity index (χ4v) is 2.52. The van der Waals surface area contributed by atoms with E-state index in [0.717, 1.165) is 16.9 Å². The van der Waals surface area contributed by atoms with E-state index in [9.17, 15) is 0 Å². The summed E-state index contributed by atoms with van der Waals surface area (Å²) in [6.07, 6.45) is 1.72. The third-order valence-corrected chi connectivity index (χ3v) is 3.86. The van der Waals surface area contributed by atoms with Crippen LogP contribution >= 0.6 is 11.6 Å². The van der Waals surface area contributed by atoms with Crippen molar-refractivity contribution >= 4 is 11.6 Å². The molecule has 1 unspecified atom stereocenters. The molecule has 20 heavy (non-hydrogen) atoms. The molecule has 2 aromatic carbocycles. The Morgan fingerprint density at radius 2 is 1.50 bits per heavy atom. The van der Waals surface area contributed by atoms with Crippen LogP contribution in [0.3, 0.4) is 0 Å². The predicted octanol–water partition coefficient (Wildman–Crippen LogP) is 5.58. The summed E-state index contributed by atoms with van der Waals surface area (Å²) in [5.74, 6) is 0.881. The van der Waals surface area contributed by atoms with E-state index in [1.165, 1.54) is 11.1 Å². The van der Waals surface area contributed by atoms with Gasteiger partial charge < -0.3 is 4.42 Å². The Kier molecular flexibility index (Phi) is 3.62. The van der Waals surface area contributed by atoms with Gasteiger partial charge >= 0.3 is 0 Å². The van der Waals surface area contributed by atoms with E-state index in [2.05, 4.69) is 36.4 Å². The highest BCUT2D eigenvalue weighted by Crippen LogP contribution is 2.31. The molecule has 0 fully saturated rings. The maximum atomic E-state index is 6.48. The van der Waals surface area contributed by atoms with Crippen molar-refractivity contribution in [3.05, 3.63) is 83.8 Å². The van der Waals surface area contributed by atoms with Crippen LogP contribution in [0.25, 0.3) is 11.1 Å². The minimum absolute atomic E-state index is 0.169. The van der Waals surface area contributed by atoms with E-state index in [0.29, 0.717) is 0 Å². The first-order chi connectivity index (χ1) is 9.74. The maximum absolute atomic E-state index is 6.48. The number of halogens is 1. The highest BCUT2D eigenvalue weighted by Gasteiger charge is 2.13. The zero-order valence-electron chi connectivity index (χ0n) is 11.2. The molecule has 100 valence electrons. The lowest BCUT2D eigenvalue weighted by molar-refractivity contribution is 0.532. The Morgan fingerprint density at radius 3 is 2.10 bits per heavy atom. The summed E-state index contributed by atoms with van der Waals surface area (Å²) in [5.41, 5.74) is 4.48. The van der Waals surface area contributed by atoms with Crippen LogP contribution in [0.5, 0.6) is 0 Å². The highest BCUT2D eigenvalue weighted by molar-refractivity contribution is 6.22. The number of hydrogen-bond acceptors (Lipinski definition) is 1. The van der Waals surface area contributed by atoms with Gasteiger partial charge in [-0.3, -0.25) is 0 Å². The molecule has 1 aromatic heterocycles. The molecule has 1 nitrogen and oxygen atoms in total. The van der Waals surface area contributed by atoms with Crippen molar-refractivity contribution < 1.29 is 4.42 Å². The summed E-state index contributed by atoms with van der Waals surface area (Å²) in [7, 11) is 0. The minimum Gasteiger partial charge on any atom is -0.469 e. The normalized spacial score (nSPS) is 12.3. The van der Waals surface area contributed by atoms with E-state index in [4.69, 9.17) is 16.0 Å². The van der Waals surface area contributed by atoms with Crippen LogP contribution in [-0.4, -0.2) is 0 Å². The Bertz CT molecular complexity index is 683. The average molecular weight is 283 g/mol. The largest absolute Gasteiger partial charge is 0.469 e. The molecule has 1 atom stereocenters. The molecule has 0 N–H and O–H groups in total. The summed E-state index contributed by atoms with van der Waals surface area (Å²) >= 11 is 6.48. The number of aryl methyl sites for hydroxylation is 1. The second-order valence-corrected chi connectivity index (χ2v) is 5.28. The molecule has 1 heterocycles. The van der Waals surface area contributed by atoms with Gasteiger partial charge in [-0.15, -0.1) is 11.6 Å². The lowest BCUT2D eigenvalue weighted by Crippen LogP contribution is -1.91. The summed E-state index contributed by atoms with van der Waals surface area (Å²) in [4.78, 5) is 0. The van der Waals surface area contributed by atoms with Crippen molar-refractivity contribution in [1.82, 2.24) is 0 Å². The Balaban J connectivity index is 1.86. The summed E-state index contributed by atoms with van der Waals surface area (Å²) in [6.45, 7) is 1.92. The monoisotopic (exact) mass is 282 g/mol. The minimum atomic E-state index is -0.169. The van der Waals surface area contributed by atoms with Gasteiger partial charge in [0.2, 0.25) is 0 Å². The zero-order valence-corrected chi connectivity index (χ0v) is 12.0. The second-order valence-electron chi connectivity index (χ2n) is 4.84. The van der Waals surface area contributed by atoms with Crippen molar-refractivity contribution in [3.63, 3.8) is 0 Å². The van der Waals surface area contributed by atoms with Crippen LogP contribution in [0.1, 0.15) is 22.3 Å². The molecular weight excluding hydrogens is 268 g/mol. The molecule has 0 aliphatic carbocycles. The van der Waals surface area contributed by atoms with Crippen molar-refractivity contribution in [1.29, 1.82) is 0 Å². The molecular formula is C18H15ClO. The van der Waals surface area contributed by atoms with Crippen LogP contribution in [0.2, 0.25) is 0 Å². The first-order valence-corrected chi connectivity index (χ1v) is 7.02. The van der Waals surface area contributed by atoms with Crippen LogP contribution in [0.4, 0.5) is 0 Å². The van der Waals surface area contributed by atoms with E-state index >= 15 is 0 Å². The third-order valence-electron chi connectivity index (χ3n) is 3.35. The maximum Gasteiger partial charge on any atom is 0.101 e. The molecule has 0 saturated carbocycles. The third kappa shape index (κ3) is 2.63. The fourth-order valence-electron chi connectivity index (χ4n) is 2.26. The molecule has 3 aromatic rings. The standard InChI is InChI=1S/C18H15ClO/c1-13-11-17(12-20-13)18(19)16-9-7-15(8-10-16)14-5-3-2-4-6-14/h2-12,18H,1H3. The smallest absolute Gasteiger partial charge is 0.101 e. The topological polar surface area (TPSA) is 13.1 Å². The van der Waals surface area contributed by atoms with Gasteiger partial charge in [-0.2, -0.15) is 0 Å². The SMILES string of the molecule is Cc1cc(C(Cl)c2ccc(-c3ccccc3)cc2)co1. The van der Waals surface area contributed by atoms with Gasteiger partial charge in [0.25, 0.3) is 0 Å². The van der Waals surface area contributed by atoms with Gasteiger partial charge in [0.1, 0.15) is 5.76 Å². The number of furan rings is 1. The average Bonchev–Trinajstić information content (AvgIpc) is 2.94. The number of hydrogen-bond donors (Lipinski definition) is 0. The summed E-state index contributed by atoms with van der Waals surface area (Å²) < 4.78 is 5.32. The highest BCUT2D eigenvalue weighted by atomic mass is 35.5. The Labute approximate surface area is 123 Å². The quantitative estimate of drug-likeness (QED) is 0.571. The summed E-state index contributed by atoms with van der Waals surface area (Å²) in [6, 6.07) is 20.6. The van der Waals surface area contributed by atoms with Crippen LogP contribution in [0, 0.1) is 6.92 Å². The van der Waals surface area contributed by atoms with Gasteiger partial charge in [0.05, 0.1) is 11.6 Å². The lowest BCUT2D eigenvalue weighted by Gasteiger charge is -2.09. The van der Waals surface area contributed by atoms with E-state index < -0.39 is 0 Å². The Morgan fingerprint density at radius 1 is 0.850 bits per heavy atom. The molecule has 0 radical (unpaired) electrons. The van der Waals surface area contributed by atoms with Gasteiger partial charge in [-0.25, -0.2) is 0 Å². The van der Waals surface area contributed by atoms with E-state index in [1.54, 1.807) is 6.26 Å². The molecule has 0 saturated heterocycles. The van der Waals surface area contributed by atoms with Crippen molar-refractivity contribution in [2.75, 3.05) is 0 Å². The van der Waals surface area contributed by atoms with Gasteiger partial charge in [-0.05, 0) is 29.7 Å². The van der Waals surface area contributed by atoms with Crippen molar-refractivity contribution in [3.8, 4) is 11.1 Å². The van der Waals surface area contributed by atoms with Gasteiger partial charge in [-0.1, -0.05) is 54.6 Å². The predicted molar refractivity (Wildman–Crippen MR) is 83.0 cm³/mol. The molecule has 0 bridgehead atoms. The van der Waals surface area contributed by atoms with Crippen molar-refractivity contribution in [2.45, 2.75) is 12.3 Å². The van der Waals surface area contributed by atoms with E-state index in [1.807, 2.05) is 31.2 Å². The van der Waals surface area contributed by atoms with E-state index in [-0.39, 0.29) is 5.38 Å². The first-order valence-electron chi connectivity index (χ1n) is 6.58. The van der Waals surface area contributed by atoms with Gasteiger partial charge in [0, 0.05) is 5.56 Å². The van der Waals surface area contributed by atoms with Crippen LogP contribution in [-0.2, 0) is 0 Å².